The van der Waals surface area contributed by atoms with Crippen molar-refractivity contribution in [2.75, 3.05) is 7.11 Å². The van der Waals surface area contributed by atoms with Gasteiger partial charge in [0, 0.05) is 11.1 Å². The van der Waals surface area contributed by atoms with E-state index in [2.05, 4.69) is 9.97 Å². The lowest BCUT2D eigenvalue weighted by molar-refractivity contribution is 0.0595. The van der Waals surface area contributed by atoms with E-state index in [1.807, 2.05) is 31.2 Å². The normalized spacial score (nSPS) is 10.1. The Bertz CT molecular complexity index is 555. The van der Waals surface area contributed by atoms with Gasteiger partial charge in [0.25, 0.3) is 0 Å². The van der Waals surface area contributed by atoms with E-state index in [1.165, 1.54) is 37.0 Å². The van der Waals surface area contributed by atoms with E-state index < -0.39 is 5.97 Å². The molecule has 4 nitrogen and oxygen atoms in total. The monoisotopic (exact) mass is 260 g/mol. The molecule has 5 heteroatoms. The van der Waals surface area contributed by atoms with Crippen molar-refractivity contribution >= 4 is 17.7 Å². The fourth-order valence-corrected chi connectivity index (χ4v) is 2.21. The van der Waals surface area contributed by atoms with Crippen LogP contribution in [-0.4, -0.2) is 23.0 Å². The molecule has 1 heterocycles. The highest BCUT2D eigenvalue weighted by Gasteiger charge is 2.14. The van der Waals surface area contributed by atoms with Crippen molar-refractivity contribution in [3.8, 4) is 0 Å². The number of carbonyl (C=O) groups is 1. The Labute approximate surface area is 109 Å². The van der Waals surface area contributed by atoms with Crippen LogP contribution in [0.5, 0.6) is 0 Å². The number of hydrogen-bond donors (Lipinski definition) is 0. The van der Waals surface area contributed by atoms with Crippen LogP contribution >= 0.6 is 11.8 Å². The van der Waals surface area contributed by atoms with Gasteiger partial charge in [-0.1, -0.05) is 29.5 Å². The van der Waals surface area contributed by atoms with Crippen LogP contribution in [0.1, 0.15) is 15.9 Å². The zero-order valence-electron chi connectivity index (χ0n) is 10.1. The molecule has 0 fully saturated rings. The molecule has 0 radical (unpaired) electrons. The minimum absolute atomic E-state index is 0.380. The van der Waals surface area contributed by atoms with Crippen LogP contribution in [0.25, 0.3) is 0 Å². The summed E-state index contributed by atoms with van der Waals surface area (Å²) in [5, 5.41) is 0.598. The predicted molar refractivity (Wildman–Crippen MR) is 68.7 cm³/mol. The largest absolute Gasteiger partial charge is 0.465 e. The first-order valence-corrected chi connectivity index (χ1v) is 6.15. The maximum Gasteiger partial charge on any atom is 0.342 e. The predicted octanol–water partition coefficient (Wildman–Crippen LogP) is 2.72. The van der Waals surface area contributed by atoms with Crippen LogP contribution in [-0.2, 0) is 4.74 Å². The van der Waals surface area contributed by atoms with Crippen LogP contribution in [0.4, 0.5) is 0 Å². The molecule has 92 valence electrons. The number of carbonyl (C=O) groups excluding carboxylic acids is 1. The second-order valence-corrected chi connectivity index (χ2v) is 4.71. The maximum absolute atomic E-state index is 11.6. The summed E-state index contributed by atoms with van der Waals surface area (Å²) in [7, 11) is 1.34. The molecule has 0 spiro atoms. The third-order valence-electron chi connectivity index (χ3n) is 2.32. The highest BCUT2D eigenvalue weighted by atomic mass is 32.2. The molecule has 0 atom stereocenters. The number of aromatic nitrogens is 2. The van der Waals surface area contributed by atoms with Crippen molar-refractivity contribution in [2.45, 2.75) is 16.8 Å². The van der Waals surface area contributed by atoms with E-state index in [9.17, 15) is 4.79 Å². The lowest BCUT2D eigenvalue weighted by Gasteiger charge is -2.05. The molecule has 0 unspecified atom stereocenters. The van der Waals surface area contributed by atoms with E-state index in [0.29, 0.717) is 10.6 Å². The summed E-state index contributed by atoms with van der Waals surface area (Å²) in [6, 6.07) is 8.01. The van der Waals surface area contributed by atoms with Crippen molar-refractivity contribution in [1.82, 2.24) is 9.97 Å². The topological polar surface area (TPSA) is 52.1 Å². The first kappa shape index (κ1) is 12.6. The van der Waals surface area contributed by atoms with Crippen LogP contribution < -0.4 is 0 Å². The molecule has 2 rings (SSSR count). The molecule has 0 N–H and O–H groups in total. The first-order chi connectivity index (χ1) is 8.70. The number of esters is 1. The number of benzene rings is 1. The minimum atomic E-state index is -0.426. The van der Waals surface area contributed by atoms with Crippen molar-refractivity contribution < 1.29 is 9.53 Å². The Kier molecular flexibility index (Phi) is 3.94. The Morgan fingerprint density at radius 3 is 2.67 bits per heavy atom. The molecule has 2 aromatic rings. The second-order valence-electron chi connectivity index (χ2n) is 3.65. The summed E-state index contributed by atoms with van der Waals surface area (Å²) in [6.45, 7) is 2.03. The molecular formula is C13H12N2O2S. The molecule has 0 saturated heterocycles. The molecule has 0 amide bonds. The first-order valence-electron chi connectivity index (χ1n) is 5.33. The van der Waals surface area contributed by atoms with Gasteiger partial charge in [0.2, 0.25) is 0 Å². The molecule has 18 heavy (non-hydrogen) atoms. The van der Waals surface area contributed by atoms with E-state index in [0.717, 1.165) is 4.90 Å². The zero-order valence-corrected chi connectivity index (χ0v) is 10.9. The minimum Gasteiger partial charge on any atom is -0.465 e. The van der Waals surface area contributed by atoms with Crippen LogP contribution in [0, 0.1) is 6.92 Å². The number of ether oxygens (including phenoxy) is 1. The summed E-state index contributed by atoms with van der Waals surface area (Å²) >= 11 is 1.41. The summed E-state index contributed by atoms with van der Waals surface area (Å²) in [5.41, 5.74) is 1.57. The van der Waals surface area contributed by atoms with Gasteiger partial charge in [0.15, 0.2) is 0 Å². The summed E-state index contributed by atoms with van der Waals surface area (Å²) in [5.74, 6) is -0.426. The van der Waals surface area contributed by atoms with E-state index in [-0.39, 0.29) is 0 Å². The Balaban J connectivity index is 2.28. The zero-order chi connectivity index (χ0) is 13.0. The van der Waals surface area contributed by atoms with Crippen molar-refractivity contribution in [3.63, 3.8) is 0 Å². The Morgan fingerprint density at radius 2 is 2.00 bits per heavy atom. The number of methoxy groups -OCH3 is 1. The molecule has 0 aliphatic heterocycles. The molecule has 0 saturated carbocycles. The highest BCUT2D eigenvalue weighted by Crippen LogP contribution is 2.28. The third kappa shape index (κ3) is 2.87. The van der Waals surface area contributed by atoms with Crippen LogP contribution in [0.2, 0.25) is 0 Å². The second kappa shape index (κ2) is 5.64. The Morgan fingerprint density at radius 1 is 1.28 bits per heavy atom. The van der Waals surface area contributed by atoms with Gasteiger partial charge in [-0.15, -0.1) is 0 Å². The third-order valence-corrected chi connectivity index (χ3v) is 3.34. The summed E-state index contributed by atoms with van der Waals surface area (Å²) in [4.78, 5) is 20.5. The van der Waals surface area contributed by atoms with Gasteiger partial charge in [-0.2, -0.15) is 0 Å². The number of rotatable bonds is 3. The van der Waals surface area contributed by atoms with Gasteiger partial charge in [-0.25, -0.2) is 14.8 Å². The maximum atomic E-state index is 11.6. The van der Waals surface area contributed by atoms with Crippen molar-refractivity contribution in [1.29, 1.82) is 0 Å². The summed E-state index contributed by atoms with van der Waals surface area (Å²) in [6.07, 6.45) is 2.89. The van der Waals surface area contributed by atoms with Crippen LogP contribution in [0.3, 0.4) is 0 Å². The molecular weight excluding hydrogens is 248 g/mol. The molecule has 0 aliphatic rings. The fraction of sp³-hybridized carbons (Fsp3) is 0.154. The van der Waals surface area contributed by atoms with Gasteiger partial charge >= 0.3 is 5.97 Å². The van der Waals surface area contributed by atoms with Gasteiger partial charge in [-0.3, -0.25) is 0 Å². The van der Waals surface area contributed by atoms with Gasteiger partial charge < -0.3 is 4.74 Å². The number of aryl methyl sites for hydroxylation is 1. The van der Waals surface area contributed by atoms with Crippen LogP contribution in [0.15, 0.2) is 46.7 Å². The molecule has 0 aliphatic carbocycles. The van der Waals surface area contributed by atoms with Crippen molar-refractivity contribution in [3.05, 3.63) is 47.9 Å². The fourth-order valence-electron chi connectivity index (χ4n) is 1.37. The molecule has 1 aromatic heterocycles. The lowest BCUT2D eigenvalue weighted by atomic mass is 10.2. The van der Waals surface area contributed by atoms with Gasteiger partial charge in [-0.05, 0) is 19.1 Å². The average molecular weight is 260 g/mol. The number of nitrogens with zero attached hydrogens (tertiary/aromatic N) is 2. The SMILES string of the molecule is COC(=O)c1cncnc1Sc1ccc(C)cc1. The van der Waals surface area contributed by atoms with E-state index >= 15 is 0 Å². The highest BCUT2D eigenvalue weighted by molar-refractivity contribution is 7.99. The van der Waals surface area contributed by atoms with Gasteiger partial charge in [0.05, 0.1) is 7.11 Å². The standard InChI is InChI=1S/C13H12N2O2S/c1-9-3-5-10(6-4-9)18-12-11(13(16)17-2)7-14-8-15-12/h3-8H,1-2H3. The average Bonchev–Trinajstić information content (AvgIpc) is 2.41. The Hall–Kier alpha value is -1.88. The summed E-state index contributed by atoms with van der Waals surface area (Å²) < 4.78 is 4.70. The van der Waals surface area contributed by atoms with Gasteiger partial charge in [0.1, 0.15) is 16.9 Å². The van der Waals surface area contributed by atoms with E-state index in [1.54, 1.807) is 0 Å². The smallest absolute Gasteiger partial charge is 0.342 e. The lowest BCUT2D eigenvalue weighted by Crippen LogP contribution is -2.05. The van der Waals surface area contributed by atoms with Crippen molar-refractivity contribution in [2.24, 2.45) is 0 Å². The number of hydrogen-bond acceptors (Lipinski definition) is 5. The van der Waals surface area contributed by atoms with E-state index in [4.69, 9.17) is 4.74 Å². The molecule has 0 bridgehead atoms. The molecule has 1 aromatic carbocycles. The quantitative estimate of drug-likeness (QED) is 0.627.